The van der Waals surface area contributed by atoms with E-state index in [0.29, 0.717) is 0 Å². The van der Waals surface area contributed by atoms with Crippen LogP contribution in [0.15, 0.2) is 0 Å². The molecule has 0 aliphatic heterocycles. The highest BCUT2D eigenvalue weighted by Gasteiger charge is 2.22. The highest BCUT2D eigenvalue weighted by atomic mass is 16.5. The molecule has 1 rings (SSSR count). The van der Waals surface area contributed by atoms with E-state index in [0.717, 1.165) is 18.9 Å². The van der Waals surface area contributed by atoms with Gasteiger partial charge in [-0.25, -0.2) is 0 Å². The minimum Gasteiger partial charge on any atom is -0.376 e. The summed E-state index contributed by atoms with van der Waals surface area (Å²) in [6.07, 6.45) is 5.27. The lowest BCUT2D eigenvalue weighted by molar-refractivity contribution is -0.0225. The van der Waals surface area contributed by atoms with Gasteiger partial charge in [0.15, 0.2) is 0 Å². The lowest BCUT2D eigenvalue weighted by Gasteiger charge is -2.23. The summed E-state index contributed by atoms with van der Waals surface area (Å²) >= 11 is 0. The monoisotopic (exact) mass is 156 g/mol. The van der Waals surface area contributed by atoms with Gasteiger partial charge in [-0.2, -0.15) is 0 Å². The molecule has 0 aromatic heterocycles. The highest BCUT2D eigenvalue weighted by Crippen LogP contribution is 2.32. The summed E-state index contributed by atoms with van der Waals surface area (Å²) in [4.78, 5) is 0. The first-order chi connectivity index (χ1) is 5.14. The molecule has 1 nitrogen and oxygen atoms in total. The summed E-state index contributed by atoms with van der Waals surface area (Å²) in [6, 6.07) is 0. The molecule has 0 aromatic carbocycles. The molecular formula is C10H20O. The Morgan fingerprint density at radius 1 is 1.36 bits per heavy atom. The largest absolute Gasteiger partial charge is 0.376 e. The van der Waals surface area contributed by atoms with E-state index in [1.807, 2.05) is 0 Å². The Hall–Kier alpha value is -0.0400. The second kappa shape index (κ2) is 3.57. The van der Waals surface area contributed by atoms with Gasteiger partial charge in [0.05, 0.1) is 5.60 Å². The zero-order valence-corrected chi connectivity index (χ0v) is 8.02. The second-order valence-electron chi connectivity index (χ2n) is 4.19. The van der Waals surface area contributed by atoms with Crippen molar-refractivity contribution in [2.75, 3.05) is 6.61 Å². The van der Waals surface area contributed by atoms with Crippen molar-refractivity contribution < 1.29 is 4.74 Å². The number of ether oxygens (including phenoxy) is 1. The topological polar surface area (TPSA) is 9.23 Å². The standard InChI is InChI=1S/C10H20O/c1-4-10(2,3)11-8-7-9-5-6-9/h9H,4-8H2,1-3H3. The Morgan fingerprint density at radius 2 is 2.00 bits per heavy atom. The Bertz CT molecular complexity index is 114. The van der Waals surface area contributed by atoms with Crippen LogP contribution in [0.3, 0.4) is 0 Å². The van der Waals surface area contributed by atoms with Crippen molar-refractivity contribution in [1.82, 2.24) is 0 Å². The fourth-order valence-electron chi connectivity index (χ4n) is 1.01. The fourth-order valence-corrected chi connectivity index (χ4v) is 1.01. The maximum absolute atomic E-state index is 5.73. The van der Waals surface area contributed by atoms with Crippen molar-refractivity contribution in [2.45, 2.75) is 52.1 Å². The molecule has 0 unspecified atom stereocenters. The van der Waals surface area contributed by atoms with Gasteiger partial charge >= 0.3 is 0 Å². The van der Waals surface area contributed by atoms with Crippen LogP contribution in [0.5, 0.6) is 0 Å². The third kappa shape index (κ3) is 3.76. The normalized spacial score (nSPS) is 18.8. The summed E-state index contributed by atoms with van der Waals surface area (Å²) in [7, 11) is 0. The third-order valence-corrected chi connectivity index (χ3v) is 2.57. The summed E-state index contributed by atoms with van der Waals surface area (Å²) < 4.78 is 5.73. The molecule has 1 heteroatoms. The van der Waals surface area contributed by atoms with Crippen LogP contribution in [0.4, 0.5) is 0 Å². The van der Waals surface area contributed by atoms with Crippen LogP contribution >= 0.6 is 0 Å². The summed E-state index contributed by atoms with van der Waals surface area (Å²) in [5, 5.41) is 0. The van der Waals surface area contributed by atoms with E-state index < -0.39 is 0 Å². The van der Waals surface area contributed by atoms with E-state index in [1.54, 1.807) is 0 Å². The van der Waals surface area contributed by atoms with E-state index in [9.17, 15) is 0 Å². The van der Waals surface area contributed by atoms with E-state index in [4.69, 9.17) is 4.74 Å². The van der Waals surface area contributed by atoms with Crippen molar-refractivity contribution in [3.8, 4) is 0 Å². The first kappa shape index (κ1) is 9.05. The van der Waals surface area contributed by atoms with E-state index in [1.165, 1.54) is 19.3 Å². The number of rotatable bonds is 5. The lowest BCUT2D eigenvalue weighted by atomic mass is 10.1. The molecule has 66 valence electrons. The second-order valence-corrected chi connectivity index (χ2v) is 4.19. The van der Waals surface area contributed by atoms with E-state index in [-0.39, 0.29) is 5.60 Å². The lowest BCUT2D eigenvalue weighted by Crippen LogP contribution is -2.23. The molecule has 1 aliphatic rings. The van der Waals surface area contributed by atoms with E-state index >= 15 is 0 Å². The molecule has 0 spiro atoms. The molecule has 0 heterocycles. The molecule has 1 saturated carbocycles. The van der Waals surface area contributed by atoms with Gasteiger partial charge in [0, 0.05) is 6.61 Å². The predicted molar refractivity (Wildman–Crippen MR) is 47.7 cm³/mol. The molecule has 1 fully saturated rings. The van der Waals surface area contributed by atoms with Gasteiger partial charge in [-0.3, -0.25) is 0 Å². The highest BCUT2D eigenvalue weighted by molar-refractivity contribution is 4.73. The minimum atomic E-state index is 0.106. The van der Waals surface area contributed by atoms with Crippen LogP contribution in [0.25, 0.3) is 0 Å². The van der Waals surface area contributed by atoms with Crippen molar-refractivity contribution in [1.29, 1.82) is 0 Å². The van der Waals surface area contributed by atoms with Gasteiger partial charge in [-0.15, -0.1) is 0 Å². The van der Waals surface area contributed by atoms with Gasteiger partial charge in [0.25, 0.3) is 0 Å². The van der Waals surface area contributed by atoms with Gasteiger partial charge in [0.1, 0.15) is 0 Å². The third-order valence-electron chi connectivity index (χ3n) is 2.57. The molecule has 0 atom stereocenters. The van der Waals surface area contributed by atoms with Crippen molar-refractivity contribution in [2.24, 2.45) is 5.92 Å². The molecule has 0 N–H and O–H groups in total. The Balaban J connectivity index is 1.99. The van der Waals surface area contributed by atoms with Gasteiger partial charge in [0.2, 0.25) is 0 Å². The van der Waals surface area contributed by atoms with Crippen LogP contribution in [0.2, 0.25) is 0 Å². The van der Waals surface area contributed by atoms with Crippen molar-refractivity contribution in [3.05, 3.63) is 0 Å². The molecule has 11 heavy (non-hydrogen) atoms. The number of hydrogen-bond donors (Lipinski definition) is 0. The fraction of sp³-hybridized carbons (Fsp3) is 1.00. The first-order valence-electron chi connectivity index (χ1n) is 4.78. The molecule has 0 saturated heterocycles. The molecular weight excluding hydrogens is 136 g/mol. The summed E-state index contributed by atoms with van der Waals surface area (Å²) in [5.74, 6) is 1.00. The van der Waals surface area contributed by atoms with Gasteiger partial charge in [-0.1, -0.05) is 19.8 Å². The zero-order valence-electron chi connectivity index (χ0n) is 8.02. The van der Waals surface area contributed by atoms with Crippen molar-refractivity contribution >= 4 is 0 Å². The van der Waals surface area contributed by atoms with Crippen LogP contribution < -0.4 is 0 Å². The van der Waals surface area contributed by atoms with Crippen LogP contribution in [-0.2, 0) is 4.74 Å². The maximum atomic E-state index is 5.73. The molecule has 0 radical (unpaired) electrons. The minimum absolute atomic E-state index is 0.106. The first-order valence-corrected chi connectivity index (χ1v) is 4.78. The smallest absolute Gasteiger partial charge is 0.0623 e. The summed E-state index contributed by atoms with van der Waals surface area (Å²) in [6.45, 7) is 7.47. The SMILES string of the molecule is CCC(C)(C)OCCC1CC1. The molecule has 0 amide bonds. The zero-order chi connectivity index (χ0) is 8.32. The quantitative estimate of drug-likeness (QED) is 0.594. The maximum Gasteiger partial charge on any atom is 0.0623 e. The Morgan fingerprint density at radius 3 is 2.45 bits per heavy atom. The molecule has 0 bridgehead atoms. The van der Waals surface area contributed by atoms with Crippen LogP contribution in [-0.4, -0.2) is 12.2 Å². The summed E-state index contributed by atoms with van der Waals surface area (Å²) in [5.41, 5.74) is 0.106. The molecule has 0 aromatic rings. The Kier molecular flexibility index (Phi) is 2.94. The van der Waals surface area contributed by atoms with Crippen molar-refractivity contribution in [3.63, 3.8) is 0 Å². The van der Waals surface area contributed by atoms with Crippen LogP contribution in [0.1, 0.15) is 46.5 Å². The van der Waals surface area contributed by atoms with E-state index in [2.05, 4.69) is 20.8 Å². The predicted octanol–water partition coefficient (Wildman–Crippen LogP) is 2.99. The molecule has 1 aliphatic carbocycles. The van der Waals surface area contributed by atoms with Gasteiger partial charge < -0.3 is 4.74 Å². The Labute approximate surface area is 70.1 Å². The van der Waals surface area contributed by atoms with Gasteiger partial charge in [-0.05, 0) is 32.6 Å². The number of hydrogen-bond acceptors (Lipinski definition) is 1. The average molecular weight is 156 g/mol. The van der Waals surface area contributed by atoms with Crippen LogP contribution in [0, 0.1) is 5.92 Å². The average Bonchev–Trinajstić information content (AvgIpc) is 2.71.